The van der Waals surface area contributed by atoms with Gasteiger partial charge in [-0.3, -0.25) is 9.59 Å². The van der Waals surface area contributed by atoms with E-state index in [1.807, 2.05) is 32.0 Å². The van der Waals surface area contributed by atoms with Crippen LogP contribution < -0.4 is 20.1 Å². The topological polar surface area (TPSA) is 76.7 Å². The highest BCUT2D eigenvalue weighted by atomic mass is 16.5. The average Bonchev–Trinajstić information content (AvgIpc) is 2.67. The van der Waals surface area contributed by atoms with Crippen molar-refractivity contribution < 1.29 is 19.1 Å². The van der Waals surface area contributed by atoms with Crippen molar-refractivity contribution in [3.8, 4) is 11.5 Å². The van der Waals surface area contributed by atoms with Gasteiger partial charge in [0, 0.05) is 23.7 Å². The summed E-state index contributed by atoms with van der Waals surface area (Å²) in [5.41, 5.74) is 2.09. The summed E-state index contributed by atoms with van der Waals surface area (Å²) >= 11 is 0. The smallest absolute Gasteiger partial charge is 0.251 e. The third kappa shape index (κ3) is 5.74. The fourth-order valence-electron chi connectivity index (χ4n) is 2.58. The van der Waals surface area contributed by atoms with Crippen molar-refractivity contribution in [3.05, 3.63) is 59.2 Å². The van der Waals surface area contributed by atoms with Crippen LogP contribution in [-0.2, 0) is 6.42 Å². The maximum Gasteiger partial charge on any atom is 0.251 e. The van der Waals surface area contributed by atoms with Crippen LogP contribution >= 0.6 is 0 Å². The summed E-state index contributed by atoms with van der Waals surface area (Å²) in [6.07, 6.45) is 0.668. The molecule has 0 spiro atoms. The highest BCUT2D eigenvalue weighted by Gasteiger charge is 2.10. The molecule has 0 saturated heterocycles. The second-order valence-corrected chi connectivity index (χ2v) is 6.40. The third-order valence-electron chi connectivity index (χ3n) is 3.98. The molecule has 0 aromatic heterocycles. The van der Waals surface area contributed by atoms with E-state index >= 15 is 0 Å². The Bertz CT molecular complexity index is 785. The first-order valence-electron chi connectivity index (χ1n) is 8.84. The van der Waals surface area contributed by atoms with Crippen molar-refractivity contribution in [2.45, 2.75) is 26.3 Å². The minimum Gasteiger partial charge on any atom is -0.493 e. The summed E-state index contributed by atoms with van der Waals surface area (Å²) in [6.45, 7) is 4.29. The van der Waals surface area contributed by atoms with Crippen molar-refractivity contribution in [3.63, 3.8) is 0 Å². The lowest BCUT2D eigenvalue weighted by Gasteiger charge is -2.10. The fourth-order valence-corrected chi connectivity index (χ4v) is 2.58. The molecule has 0 fully saturated rings. The molecule has 2 rings (SSSR count). The summed E-state index contributed by atoms with van der Waals surface area (Å²) < 4.78 is 10.5. The molecule has 0 heterocycles. The summed E-state index contributed by atoms with van der Waals surface area (Å²) in [7, 11) is 3.18. The maximum absolute atomic E-state index is 12.3. The first-order valence-corrected chi connectivity index (χ1v) is 8.84. The molecule has 2 aromatic carbocycles. The summed E-state index contributed by atoms with van der Waals surface area (Å²) in [6, 6.07) is 12.4. The highest BCUT2D eigenvalue weighted by Crippen LogP contribution is 2.27. The monoisotopic (exact) mass is 370 g/mol. The lowest BCUT2D eigenvalue weighted by molar-refractivity contribution is 0.0935. The molecule has 2 N–H and O–H groups in total. The van der Waals surface area contributed by atoms with Gasteiger partial charge in [-0.2, -0.15) is 0 Å². The van der Waals surface area contributed by atoms with Gasteiger partial charge in [0.1, 0.15) is 0 Å². The SMILES string of the molecule is COc1ccc(CCNC(=O)c2ccc(C(=O)NC(C)C)cc2)cc1OC. The number of rotatable bonds is 8. The van der Waals surface area contributed by atoms with Gasteiger partial charge in [-0.05, 0) is 62.2 Å². The first kappa shape index (κ1) is 20.3. The Balaban J connectivity index is 1.89. The zero-order valence-corrected chi connectivity index (χ0v) is 16.2. The van der Waals surface area contributed by atoms with Crippen molar-refractivity contribution in [1.82, 2.24) is 10.6 Å². The van der Waals surface area contributed by atoms with E-state index in [0.29, 0.717) is 35.6 Å². The summed E-state index contributed by atoms with van der Waals surface area (Å²) in [4.78, 5) is 24.2. The molecule has 0 atom stereocenters. The molecule has 6 nitrogen and oxygen atoms in total. The quantitative estimate of drug-likeness (QED) is 0.749. The van der Waals surface area contributed by atoms with Crippen LogP contribution in [0.1, 0.15) is 40.1 Å². The van der Waals surface area contributed by atoms with Crippen LogP contribution in [0, 0.1) is 0 Å². The number of hydrogen-bond acceptors (Lipinski definition) is 4. The molecule has 2 aromatic rings. The van der Waals surface area contributed by atoms with E-state index in [-0.39, 0.29) is 17.9 Å². The van der Waals surface area contributed by atoms with E-state index < -0.39 is 0 Å². The Labute approximate surface area is 159 Å². The zero-order valence-electron chi connectivity index (χ0n) is 16.2. The lowest BCUT2D eigenvalue weighted by Crippen LogP contribution is -2.30. The predicted molar refractivity (Wildman–Crippen MR) is 105 cm³/mol. The van der Waals surface area contributed by atoms with Crippen LogP contribution in [0.25, 0.3) is 0 Å². The van der Waals surface area contributed by atoms with Crippen LogP contribution in [0.4, 0.5) is 0 Å². The third-order valence-corrected chi connectivity index (χ3v) is 3.98. The molecule has 0 aliphatic heterocycles. The lowest BCUT2D eigenvalue weighted by atomic mass is 10.1. The van der Waals surface area contributed by atoms with Crippen molar-refractivity contribution in [1.29, 1.82) is 0 Å². The minimum absolute atomic E-state index is 0.0667. The van der Waals surface area contributed by atoms with Crippen molar-refractivity contribution in [2.75, 3.05) is 20.8 Å². The van der Waals surface area contributed by atoms with E-state index in [4.69, 9.17) is 9.47 Å². The molecule has 144 valence electrons. The number of methoxy groups -OCH3 is 2. The van der Waals surface area contributed by atoms with Crippen LogP contribution in [0.15, 0.2) is 42.5 Å². The van der Waals surface area contributed by atoms with Gasteiger partial charge in [-0.15, -0.1) is 0 Å². The largest absolute Gasteiger partial charge is 0.493 e. The molecular weight excluding hydrogens is 344 g/mol. The predicted octanol–water partition coefficient (Wildman–Crippen LogP) is 2.81. The van der Waals surface area contributed by atoms with Gasteiger partial charge >= 0.3 is 0 Å². The first-order chi connectivity index (χ1) is 12.9. The maximum atomic E-state index is 12.3. The van der Waals surface area contributed by atoms with Gasteiger partial charge in [0.05, 0.1) is 14.2 Å². The number of carbonyl (C=O) groups excluding carboxylic acids is 2. The van der Waals surface area contributed by atoms with E-state index in [2.05, 4.69) is 10.6 Å². The standard InChI is InChI=1S/C21H26N2O4/c1-14(2)23-21(25)17-8-6-16(7-9-17)20(24)22-12-11-15-5-10-18(26-3)19(13-15)27-4/h5-10,13-14H,11-12H2,1-4H3,(H,22,24)(H,23,25). The van der Waals surface area contributed by atoms with E-state index in [1.54, 1.807) is 38.5 Å². The number of benzene rings is 2. The van der Waals surface area contributed by atoms with E-state index in [9.17, 15) is 9.59 Å². The van der Waals surface area contributed by atoms with Crippen molar-refractivity contribution in [2.24, 2.45) is 0 Å². The minimum atomic E-state index is -0.175. The number of ether oxygens (including phenoxy) is 2. The Morgan fingerprint density at radius 2 is 1.48 bits per heavy atom. The molecule has 6 heteroatoms. The van der Waals surface area contributed by atoms with Crippen LogP contribution in [0.3, 0.4) is 0 Å². The van der Waals surface area contributed by atoms with E-state index in [1.165, 1.54) is 0 Å². The van der Waals surface area contributed by atoms with Crippen LogP contribution in [0.5, 0.6) is 11.5 Å². The Morgan fingerprint density at radius 3 is 2.04 bits per heavy atom. The molecule has 0 unspecified atom stereocenters. The highest BCUT2D eigenvalue weighted by molar-refractivity contribution is 5.97. The molecule has 27 heavy (non-hydrogen) atoms. The molecule has 0 aliphatic carbocycles. The normalized spacial score (nSPS) is 10.4. The van der Waals surface area contributed by atoms with Gasteiger partial charge in [-0.1, -0.05) is 6.07 Å². The van der Waals surface area contributed by atoms with Gasteiger partial charge in [0.2, 0.25) is 0 Å². The zero-order chi connectivity index (χ0) is 19.8. The number of amides is 2. The van der Waals surface area contributed by atoms with Crippen LogP contribution in [0.2, 0.25) is 0 Å². The molecule has 0 aliphatic rings. The number of nitrogens with one attached hydrogen (secondary N) is 2. The Hall–Kier alpha value is -3.02. The van der Waals surface area contributed by atoms with Gasteiger partial charge in [-0.25, -0.2) is 0 Å². The second-order valence-electron chi connectivity index (χ2n) is 6.40. The fraction of sp³-hybridized carbons (Fsp3) is 0.333. The molecule has 0 bridgehead atoms. The number of hydrogen-bond donors (Lipinski definition) is 2. The second kappa shape index (κ2) is 9.62. The van der Waals surface area contributed by atoms with Gasteiger partial charge < -0.3 is 20.1 Å². The molecule has 0 saturated carbocycles. The Kier molecular flexibility index (Phi) is 7.23. The van der Waals surface area contributed by atoms with Crippen LogP contribution in [-0.4, -0.2) is 38.6 Å². The molecular formula is C21H26N2O4. The summed E-state index contributed by atoms with van der Waals surface area (Å²) in [5, 5.41) is 5.70. The van der Waals surface area contributed by atoms with E-state index in [0.717, 1.165) is 5.56 Å². The van der Waals surface area contributed by atoms with Crippen molar-refractivity contribution >= 4 is 11.8 Å². The van der Waals surface area contributed by atoms with Gasteiger partial charge in [0.15, 0.2) is 11.5 Å². The van der Waals surface area contributed by atoms with Gasteiger partial charge in [0.25, 0.3) is 11.8 Å². The molecule has 0 radical (unpaired) electrons. The summed E-state index contributed by atoms with van der Waals surface area (Å²) in [5.74, 6) is 1.01. The average molecular weight is 370 g/mol. The molecule has 2 amide bonds. The number of carbonyl (C=O) groups is 2. The Morgan fingerprint density at radius 1 is 0.889 bits per heavy atom.